The third kappa shape index (κ3) is 2.59. The molecule has 1 aliphatic rings. The first kappa shape index (κ1) is 10.3. The van der Waals surface area contributed by atoms with Crippen molar-refractivity contribution in [2.24, 2.45) is 11.7 Å². The SMILES string of the molecule is CCOC(=O)N(C)C(CN)C1CC1. The Morgan fingerprint density at radius 2 is 2.31 bits per heavy atom. The Balaban J connectivity index is 2.42. The summed E-state index contributed by atoms with van der Waals surface area (Å²) in [7, 11) is 1.76. The second-order valence-electron chi connectivity index (χ2n) is 3.45. The molecule has 13 heavy (non-hydrogen) atoms. The average molecular weight is 186 g/mol. The van der Waals surface area contributed by atoms with Crippen molar-refractivity contribution in [3.05, 3.63) is 0 Å². The van der Waals surface area contributed by atoms with Gasteiger partial charge in [0.15, 0.2) is 0 Å². The second-order valence-corrected chi connectivity index (χ2v) is 3.45. The first-order chi connectivity index (χ1) is 6.20. The van der Waals surface area contributed by atoms with Gasteiger partial charge in [0, 0.05) is 19.6 Å². The predicted molar refractivity (Wildman–Crippen MR) is 50.4 cm³/mol. The van der Waals surface area contributed by atoms with Crippen molar-refractivity contribution < 1.29 is 9.53 Å². The Bertz CT molecular complexity index is 180. The third-order valence-corrected chi connectivity index (χ3v) is 2.46. The highest BCUT2D eigenvalue weighted by Gasteiger charge is 2.35. The summed E-state index contributed by atoms with van der Waals surface area (Å²) >= 11 is 0. The van der Waals surface area contributed by atoms with Gasteiger partial charge in [-0.15, -0.1) is 0 Å². The summed E-state index contributed by atoms with van der Waals surface area (Å²) in [6.45, 7) is 2.76. The van der Waals surface area contributed by atoms with Gasteiger partial charge in [0.25, 0.3) is 0 Å². The lowest BCUT2D eigenvalue weighted by Crippen LogP contribution is -2.43. The first-order valence-corrected chi connectivity index (χ1v) is 4.80. The Hall–Kier alpha value is -0.770. The quantitative estimate of drug-likeness (QED) is 0.707. The van der Waals surface area contributed by atoms with Crippen LogP contribution >= 0.6 is 0 Å². The molecule has 0 aromatic carbocycles. The molecular weight excluding hydrogens is 168 g/mol. The van der Waals surface area contributed by atoms with E-state index in [4.69, 9.17) is 10.5 Å². The summed E-state index contributed by atoms with van der Waals surface area (Å²) in [5.74, 6) is 0.597. The zero-order chi connectivity index (χ0) is 9.84. The molecule has 1 rings (SSSR count). The van der Waals surface area contributed by atoms with Gasteiger partial charge in [-0.3, -0.25) is 0 Å². The summed E-state index contributed by atoms with van der Waals surface area (Å²) in [5.41, 5.74) is 5.60. The molecule has 1 unspecified atom stereocenters. The molecule has 4 heteroatoms. The van der Waals surface area contributed by atoms with Crippen LogP contribution in [0.5, 0.6) is 0 Å². The first-order valence-electron chi connectivity index (χ1n) is 4.80. The maximum Gasteiger partial charge on any atom is 0.409 e. The van der Waals surface area contributed by atoms with Gasteiger partial charge in [0.2, 0.25) is 0 Å². The van der Waals surface area contributed by atoms with Gasteiger partial charge in [0.05, 0.1) is 6.61 Å². The van der Waals surface area contributed by atoms with Gasteiger partial charge in [-0.25, -0.2) is 4.79 Å². The lowest BCUT2D eigenvalue weighted by molar-refractivity contribution is 0.0985. The Morgan fingerprint density at radius 3 is 2.69 bits per heavy atom. The van der Waals surface area contributed by atoms with Gasteiger partial charge in [-0.05, 0) is 25.7 Å². The van der Waals surface area contributed by atoms with E-state index in [1.807, 2.05) is 0 Å². The second kappa shape index (κ2) is 4.46. The van der Waals surface area contributed by atoms with Crippen LogP contribution in [0.1, 0.15) is 19.8 Å². The predicted octanol–water partition coefficient (Wildman–Crippen LogP) is 0.812. The molecule has 0 aliphatic heterocycles. The van der Waals surface area contributed by atoms with Crippen LogP contribution < -0.4 is 5.73 Å². The fourth-order valence-corrected chi connectivity index (χ4v) is 1.51. The fraction of sp³-hybridized carbons (Fsp3) is 0.889. The van der Waals surface area contributed by atoms with E-state index in [0.29, 0.717) is 19.1 Å². The van der Waals surface area contributed by atoms with E-state index in [2.05, 4.69) is 0 Å². The molecule has 1 amide bonds. The fourth-order valence-electron chi connectivity index (χ4n) is 1.51. The molecule has 1 saturated carbocycles. The van der Waals surface area contributed by atoms with Crippen molar-refractivity contribution in [3.63, 3.8) is 0 Å². The van der Waals surface area contributed by atoms with Crippen LogP contribution in [-0.4, -0.2) is 37.2 Å². The Labute approximate surface area is 79.0 Å². The zero-order valence-corrected chi connectivity index (χ0v) is 8.32. The van der Waals surface area contributed by atoms with Crippen LogP contribution in [0, 0.1) is 5.92 Å². The molecule has 0 saturated heterocycles. The third-order valence-electron chi connectivity index (χ3n) is 2.46. The molecule has 1 fully saturated rings. The molecule has 4 nitrogen and oxygen atoms in total. The minimum absolute atomic E-state index is 0.166. The molecule has 1 atom stereocenters. The monoisotopic (exact) mass is 186 g/mol. The van der Waals surface area contributed by atoms with Gasteiger partial charge in [-0.2, -0.15) is 0 Å². The highest BCUT2D eigenvalue weighted by molar-refractivity contribution is 5.67. The summed E-state index contributed by atoms with van der Waals surface area (Å²) in [6, 6.07) is 0.166. The van der Waals surface area contributed by atoms with E-state index < -0.39 is 0 Å². The van der Waals surface area contributed by atoms with Crippen molar-refractivity contribution in [2.75, 3.05) is 20.2 Å². The van der Waals surface area contributed by atoms with Gasteiger partial charge in [0.1, 0.15) is 0 Å². The van der Waals surface area contributed by atoms with E-state index in [9.17, 15) is 4.79 Å². The highest BCUT2D eigenvalue weighted by Crippen LogP contribution is 2.34. The van der Waals surface area contributed by atoms with Crippen LogP contribution in [0.4, 0.5) is 4.79 Å². The van der Waals surface area contributed by atoms with Crippen molar-refractivity contribution in [1.82, 2.24) is 4.90 Å². The number of ether oxygens (including phenoxy) is 1. The van der Waals surface area contributed by atoms with Crippen molar-refractivity contribution in [1.29, 1.82) is 0 Å². The molecular formula is C9H18N2O2. The maximum absolute atomic E-state index is 11.3. The molecule has 0 aromatic rings. The summed E-state index contributed by atoms with van der Waals surface area (Å²) in [6.07, 6.45) is 2.11. The van der Waals surface area contributed by atoms with E-state index in [0.717, 1.165) is 0 Å². The van der Waals surface area contributed by atoms with Crippen molar-refractivity contribution >= 4 is 6.09 Å². The van der Waals surface area contributed by atoms with Crippen molar-refractivity contribution in [3.8, 4) is 0 Å². The molecule has 2 N–H and O–H groups in total. The highest BCUT2D eigenvalue weighted by atomic mass is 16.6. The number of nitrogens with two attached hydrogens (primary N) is 1. The number of likely N-dealkylation sites (N-methyl/N-ethyl adjacent to an activating group) is 1. The van der Waals surface area contributed by atoms with E-state index in [1.54, 1.807) is 18.9 Å². The standard InChI is InChI=1S/C9H18N2O2/c1-3-13-9(12)11(2)8(6-10)7-4-5-7/h7-8H,3-6,10H2,1-2H3. The van der Waals surface area contributed by atoms with Crippen LogP contribution in [0.3, 0.4) is 0 Å². The molecule has 0 bridgehead atoms. The number of amides is 1. The molecule has 0 aromatic heterocycles. The van der Waals surface area contributed by atoms with E-state index in [-0.39, 0.29) is 12.1 Å². The van der Waals surface area contributed by atoms with E-state index in [1.165, 1.54) is 12.8 Å². The normalized spacial score (nSPS) is 18.1. The Kier molecular flexibility index (Phi) is 3.54. The number of rotatable bonds is 4. The molecule has 76 valence electrons. The lowest BCUT2D eigenvalue weighted by Gasteiger charge is -2.25. The number of hydrogen-bond donors (Lipinski definition) is 1. The molecule has 0 radical (unpaired) electrons. The van der Waals surface area contributed by atoms with Crippen LogP contribution in [0.2, 0.25) is 0 Å². The largest absolute Gasteiger partial charge is 0.450 e. The minimum Gasteiger partial charge on any atom is -0.450 e. The van der Waals surface area contributed by atoms with Crippen LogP contribution in [-0.2, 0) is 4.74 Å². The summed E-state index contributed by atoms with van der Waals surface area (Å²) in [5, 5.41) is 0. The summed E-state index contributed by atoms with van der Waals surface area (Å²) < 4.78 is 4.90. The molecule has 0 spiro atoms. The molecule has 0 heterocycles. The average Bonchev–Trinajstić information content (AvgIpc) is 2.90. The van der Waals surface area contributed by atoms with Crippen molar-refractivity contribution in [2.45, 2.75) is 25.8 Å². The van der Waals surface area contributed by atoms with Gasteiger partial charge in [-0.1, -0.05) is 0 Å². The van der Waals surface area contributed by atoms with Crippen LogP contribution in [0.25, 0.3) is 0 Å². The smallest absolute Gasteiger partial charge is 0.409 e. The lowest BCUT2D eigenvalue weighted by atomic mass is 10.2. The number of nitrogens with zero attached hydrogens (tertiary/aromatic N) is 1. The zero-order valence-electron chi connectivity index (χ0n) is 8.32. The van der Waals surface area contributed by atoms with Crippen LogP contribution in [0.15, 0.2) is 0 Å². The van der Waals surface area contributed by atoms with Gasteiger partial charge < -0.3 is 15.4 Å². The maximum atomic E-state index is 11.3. The van der Waals surface area contributed by atoms with Gasteiger partial charge >= 0.3 is 6.09 Å². The number of carbonyl (C=O) groups is 1. The van der Waals surface area contributed by atoms with E-state index >= 15 is 0 Å². The molecule has 1 aliphatic carbocycles. The summed E-state index contributed by atoms with van der Waals surface area (Å²) in [4.78, 5) is 12.9. The number of hydrogen-bond acceptors (Lipinski definition) is 3. The number of carbonyl (C=O) groups excluding carboxylic acids is 1. The Morgan fingerprint density at radius 1 is 1.69 bits per heavy atom. The topological polar surface area (TPSA) is 55.6 Å². The minimum atomic E-state index is -0.259.